The summed E-state index contributed by atoms with van der Waals surface area (Å²) in [6.45, 7) is 1.40. The van der Waals surface area contributed by atoms with Crippen LogP contribution < -0.4 is 15.4 Å². The van der Waals surface area contributed by atoms with Crippen molar-refractivity contribution in [1.29, 1.82) is 0 Å². The first-order valence-electron chi connectivity index (χ1n) is 7.94. The van der Waals surface area contributed by atoms with Crippen LogP contribution in [0.3, 0.4) is 0 Å². The zero-order valence-corrected chi connectivity index (χ0v) is 16.1. The molecule has 0 unspecified atom stereocenters. The van der Waals surface area contributed by atoms with Gasteiger partial charge in [-0.15, -0.1) is 11.3 Å². The minimum absolute atomic E-state index is 0.220. The molecule has 0 atom stereocenters. The van der Waals surface area contributed by atoms with Crippen LogP contribution in [0.1, 0.15) is 17.4 Å². The molecule has 0 bridgehead atoms. The largest absolute Gasteiger partial charge is 0.497 e. The second-order valence-electron chi connectivity index (χ2n) is 5.60. The van der Waals surface area contributed by atoms with E-state index in [0.29, 0.717) is 22.1 Å². The van der Waals surface area contributed by atoms with E-state index in [2.05, 4.69) is 15.6 Å². The van der Waals surface area contributed by atoms with Gasteiger partial charge < -0.3 is 15.4 Å². The minimum atomic E-state index is -0.339. The maximum Gasteiger partial charge on any atom is 0.275 e. The molecule has 0 aliphatic carbocycles. The molecule has 2 aromatic carbocycles. The normalized spacial score (nSPS) is 10.3. The standard InChI is InChI=1S/C19H16ClN3O3S/c1-11(24)21-16-8-5-13(9-15(16)20)22-18(25)17-10-27-19(23-17)12-3-6-14(26-2)7-4-12/h3-10H,1-2H3,(H,21,24)(H,22,25). The molecule has 8 heteroatoms. The van der Waals surface area contributed by atoms with Crippen molar-refractivity contribution in [2.45, 2.75) is 6.92 Å². The van der Waals surface area contributed by atoms with Crippen LogP contribution in [-0.2, 0) is 4.79 Å². The van der Waals surface area contributed by atoms with E-state index >= 15 is 0 Å². The first-order chi connectivity index (χ1) is 13.0. The number of hydrogen-bond donors (Lipinski definition) is 2. The lowest BCUT2D eigenvalue weighted by Gasteiger charge is -2.08. The maximum absolute atomic E-state index is 12.4. The number of carbonyl (C=O) groups is 2. The second-order valence-corrected chi connectivity index (χ2v) is 6.86. The van der Waals surface area contributed by atoms with Crippen molar-refractivity contribution in [3.05, 3.63) is 58.6 Å². The van der Waals surface area contributed by atoms with Crippen molar-refractivity contribution in [3.63, 3.8) is 0 Å². The van der Waals surface area contributed by atoms with Crippen molar-refractivity contribution in [3.8, 4) is 16.3 Å². The van der Waals surface area contributed by atoms with E-state index in [4.69, 9.17) is 16.3 Å². The monoisotopic (exact) mass is 401 g/mol. The lowest BCUT2D eigenvalue weighted by molar-refractivity contribution is -0.114. The van der Waals surface area contributed by atoms with Crippen molar-refractivity contribution >= 4 is 46.1 Å². The van der Waals surface area contributed by atoms with Gasteiger partial charge in [0.15, 0.2) is 0 Å². The molecule has 1 aromatic heterocycles. The Morgan fingerprint density at radius 3 is 2.48 bits per heavy atom. The Labute approximate surface area is 165 Å². The highest BCUT2D eigenvalue weighted by Gasteiger charge is 2.13. The van der Waals surface area contributed by atoms with E-state index in [1.807, 2.05) is 24.3 Å². The summed E-state index contributed by atoms with van der Waals surface area (Å²) in [6, 6.07) is 12.3. The van der Waals surface area contributed by atoms with E-state index in [0.717, 1.165) is 16.3 Å². The van der Waals surface area contributed by atoms with Gasteiger partial charge in [0.1, 0.15) is 16.5 Å². The van der Waals surface area contributed by atoms with Crippen molar-refractivity contribution in [1.82, 2.24) is 4.98 Å². The zero-order chi connectivity index (χ0) is 19.4. The Kier molecular flexibility index (Phi) is 5.73. The molecule has 0 radical (unpaired) electrons. The molecular formula is C19H16ClN3O3S. The number of nitrogens with zero attached hydrogens (tertiary/aromatic N) is 1. The minimum Gasteiger partial charge on any atom is -0.497 e. The molecule has 0 aliphatic heterocycles. The lowest BCUT2D eigenvalue weighted by atomic mass is 10.2. The molecule has 0 spiro atoms. The third kappa shape index (κ3) is 4.64. The number of benzene rings is 2. The van der Waals surface area contributed by atoms with Crippen LogP contribution in [0.4, 0.5) is 11.4 Å². The molecule has 0 fully saturated rings. The number of hydrogen-bond acceptors (Lipinski definition) is 5. The van der Waals surface area contributed by atoms with E-state index in [9.17, 15) is 9.59 Å². The zero-order valence-electron chi connectivity index (χ0n) is 14.6. The van der Waals surface area contributed by atoms with Crippen LogP contribution in [-0.4, -0.2) is 23.9 Å². The van der Waals surface area contributed by atoms with Gasteiger partial charge in [-0.3, -0.25) is 9.59 Å². The molecule has 27 heavy (non-hydrogen) atoms. The highest BCUT2D eigenvalue weighted by Crippen LogP contribution is 2.28. The Balaban J connectivity index is 1.72. The fourth-order valence-electron chi connectivity index (χ4n) is 2.32. The van der Waals surface area contributed by atoms with Gasteiger partial charge >= 0.3 is 0 Å². The van der Waals surface area contributed by atoms with Crippen molar-refractivity contribution < 1.29 is 14.3 Å². The number of carbonyl (C=O) groups excluding carboxylic acids is 2. The molecule has 2 amide bonds. The molecule has 0 saturated heterocycles. The van der Waals surface area contributed by atoms with Crippen LogP contribution in [0.2, 0.25) is 5.02 Å². The summed E-state index contributed by atoms with van der Waals surface area (Å²) in [5, 5.41) is 8.13. The van der Waals surface area contributed by atoms with E-state index in [1.165, 1.54) is 18.3 Å². The summed E-state index contributed by atoms with van der Waals surface area (Å²) in [4.78, 5) is 27.9. The second kappa shape index (κ2) is 8.20. The molecule has 2 N–H and O–H groups in total. The number of nitrogens with one attached hydrogen (secondary N) is 2. The predicted octanol–water partition coefficient (Wildman–Crippen LogP) is 4.68. The molecule has 0 saturated carbocycles. The van der Waals surface area contributed by atoms with Crippen LogP contribution in [0, 0.1) is 0 Å². The number of aromatic nitrogens is 1. The fraction of sp³-hybridized carbons (Fsp3) is 0.105. The van der Waals surface area contributed by atoms with Gasteiger partial charge in [-0.05, 0) is 42.5 Å². The van der Waals surface area contributed by atoms with Crippen LogP contribution in [0.5, 0.6) is 5.75 Å². The number of ether oxygens (including phenoxy) is 1. The van der Waals surface area contributed by atoms with Crippen LogP contribution in [0.25, 0.3) is 10.6 Å². The quantitative estimate of drug-likeness (QED) is 0.650. The Morgan fingerprint density at radius 1 is 1.11 bits per heavy atom. The summed E-state index contributed by atoms with van der Waals surface area (Å²) in [5.74, 6) is 0.199. The Morgan fingerprint density at radius 2 is 1.85 bits per heavy atom. The van der Waals surface area contributed by atoms with Crippen molar-refractivity contribution in [2.24, 2.45) is 0 Å². The maximum atomic E-state index is 12.4. The van der Waals surface area contributed by atoms with Gasteiger partial charge in [-0.2, -0.15) is 0 Å². The first kappa shape index (κ1) is 18.9. The average Bonchev–Trinajstić information content (AvgIpc) is 3.14. The van der Waals surface area contributed by atoms with Crippen LogP contribution in [0.15, 0.2) is 47.8 Å². The molecule has 3 rings (SSSR count). The summed E-state index contributed by atoms with van der Waals surface area (Å²) < 4.78 is 5.14. The van der Waals surface area contributed by atoms with Gasteiger partial charge in [0.2, 0.25) is 5.91 Å². The smallest absolute Gasteiger partial charge is 0.275 e. The Hall–Kier alpha value is -2.90. The highest BCUT2D eigenvalue weighted by atomic mass is 35.5. The van der Waals surface area contributed by atoms with E-state index < -0.39 is 0 Å². The SMILES string of the molecule is COc1ccc(-c2nc(C(=O)Nc3ccc(NC(C)=O)c(Cl)c3)cs2)cc1. The molecular weight excluding hydrogens is 386 g/mol. The van der Waals surface area contributed by atoms with Gasteiger partial charge in [0, 0.05) is 23.6 Å². The topological polar surface area (TPSA) is 80.3 Å². The third-order valence-electron chi connectivity index (χ3n) is 3.61. The first-order valence-corrected chi connectivity index (χ1v) is 9.20. The number of methoxy groups -OCH3 is 1. The number of amides is 2. The number of rotatable bonds is 5. The van der Waals surface area contributed by atoms with E-state index in [-0.39, 0.29) is 11.8 Å². The summed E-state index contributed by atoms with van der Waals surface area (Å²) in [7, 11) is 1.61. The molecule has 1 heterocycles. The van der Waals surface area contributed by atoms with Gasteiger partial charge in [-0.1, -0.05) is 11.6 Å². The summed E-state index contributed by atoms with van der Waals surface area (Å²) in [5.41, 5.74) is 2.21. The summed E-state index contributed by atoms with van der Waals surface area (Å²) in [6.07, 6.45) is 0. The number of thiazole rings is 1. The lowest BCUT2D eigenvalue weighted by Crippen LogP contribution is -2.12. The highest BCUT2D eigenvalue weighted by molar-refractivity contribution is 7.13. The third-order valence-corrected chi connectivity index (χ3v) is 4.82. The molecule has 3 aromatic rings. The van der Waals surface area contributed by atoms with Gasteiger partial charge in [0.05, 0.1) is 17.8 Å². The van der Waals surface area contributed by atoms with Crippen LogP contribution >= 0.6 is 22.9 Å². The summed E-state index contributed by atoms with van der Waals surface area (Å²) >= 11 is 7.50. The fourth-order valence-corrected chi connectivity index (χ4v) is 3.36. The van der Waals surface area contributed by atoms with E-state index in [1.54, 1.807) is 30.7 Å². The molecule has 138 valence electrons. The van der Waals surface area contributed by atoms with Gasteiger partial charge in [-0.25, -0.2) is 4.98 Å². The molecule has 6 nitrogen and oxygen atoms in total. The number of anilines is 2. The average molecular weight is 402 g/mol. The predicted molar refractivity (Wildman–Crippen MR) is 108 cm³/mol. The van der Waals surface area contributed by atoms with Gasteiger partial charge in [0.25, 0.3) is 5.91 Å². The number of halogens is 1. The Bertz CT molecular complexity index is 986. The molecule has 0 aliphatic rings. The van der Waals surface area contributed by atoms with Crippen molar-refractivity contribution in [2.75, 3.05) is 17.7 Å².